The topological polar surface area (TPSA) is 70.5 Å². The van der Waals surface area contributed by atoms with Crippen molar-refractivity contribution in [2.45, 2.75) is 26.2 Å². The van der Waals surface area contributed by atoms with Gasteiger partial charge in [-0.2, -0.15) is 0 Å². The van der Waals surface area contributed by atoms with E-state index in [0.717, 1.165) is 17.1 Å². The Morgan fingerprint density at radius 2 is 2.39 bits per heavy atom. The summed E-state index contributed by atoms with van der Waals surface area (Å²) in [6.07, 6.45) is 1.26. The highest BCUT2D eigenvalue weighted by molar-refractivity contribution is 7.09. The number of nitrogens with zero attached hydrogens (tertiary/aromatic N) is 2. The molecule has 1 saturated heterocycles. The van der Waals surface area contributed by atoms with Crippen molar-refractivity contribution < 1.29 is 14.7 Å². The molecule has 0 spiro atoms. The third kappa shape index (κ3) is 3.29. The van der Waals surface area contributed by atoms with Crippen LogP contribution in [0.5, 0.6) is 0 Å². The number of aromatic nitrogens is 1. The molecule has 2 rings (SSSR count). The van der Waals surface area contributed by atoms with Crippen LogP contribution in [0.1, 0.15) is 23.5 Å². The summed E-state index contributed by atoms with van der Waals surface area (Å²) in [5, 5.41) is 11.6. The van der Waals surface area contributed by atoms with Crippen molar-refractivity contribution in [2.24, 2.45) is 5.92 Å². The maximum atomic E-state index is 12.0. The molecule has 1 N–H and O–H groups in total. The highest BCUT2D eigenvalue weighted by atomic mass is 32.1. The van der Waals surface area contributed by atoms with Gasteiger partial charge in [0.25, 0.3) is 0 Å². The van der Waals surface area contributed by atoms with Gasteiger partial charge in [-0.05, 0) is 19.3 Å². The van der Waals surface area contributed by atoms with E-state index < -0.39 is 5.97 Å². The summed E-state index contributed by atoms with van der Waals surface area (Å²) in [5.74, 6) is -0.638. The molecular weight excluding hydrogens is 252 g/mol. The largest absolute Gasteiger partial charge is 0.481 e. The first kappa shape index (κ1) is 13.0. The number of carboxylic acid groups (broad SMARTS) is 1. The fourth-order valence-corrected chi connectivity index (χ4v) is 2.84. The number of amides is 1. The van der Waals surface area contributed by atoms with Gasteiger partial charge in [-0.1, -0.05) is 0 Å². The first-order chi connectivity index (χ1) is 8.54. The van der Waals surface area contributed by atoms with Crippen molar-refractivity contribution in [1.29, 1.82) is 0 Å². The molecule has 0 aliphatic carbocycles. The van der Waals surface area contributed by atoms with Crippen molar-refractivity contribution in [3.8, 4) is 0 Å². The summed E-state index contributed by atoms with van der Waals surface area (Å²) >= 11 is 1.54. The summed E-state index contributed by atoms with van der Waals surface area (Å²) < 4.78 is 0. The van der Waals surface area contributed by atoms with Crippen LogP contribution in [0.15, 0.2) is 5.38 Å². The van der Waals surface area contributed by atoms with E-state index in [0.29, 0.717) is 19.5 Å². The van der Waals surface area contributed by atoms with Gasteiger partial charge in [0, 0.05) is 24.9 Å². The van der Waals surface area contributed by atoms with Gasteiger partial charge < -0.3 is 10.0 Å². The van der Waals surface area contributed by atoms with Crippen molar-refractivity contribution in [1.82, 2.24) is 9.88 Å². The summed E-state index contributed by atoms with van der Waals surface area (Å²) in [5.41, 5.74) is 0.809. The average Bonchev–Trinajstić information content (AvgIpc) is 2.87. The average molecular weight is 268 g/mol. The molecule has 1 aliphatic rings. The Balaban J connectivity index is 1.85. The Hall–Kier alpha value is -1.43. The molecule has 18 heavy (non-hydrogen) atoms. The number of aliphatic carboxylic acids is 1. The fraction of sp³-hybridized carbons (Fsp3) is 0.583. The lowest BCUT2D eigenvalue weighted by Crippen LogP contribution is -2.30. The van der Waals surface area contributed by atoms with Gasteiger partial charge in [-0.3, -0.25) is 9.59 Å². The standard InChI is InChI=1S/C12H16N2O3S/c1-8-13-10(7-18-8)5-11(15)14-3-2-9(6-14)4-12(16)17/h7,9H,2-6H2,1H3,(H,16,17). The van der Waals surface area contributed by atoms with Gasteiger partial charge in [0.05, 0.1) is 17.1 Å². The Morgan fingerprint density at radius 1 is 1.61 bits per heavy atom. The maximum absolute atomic E-state index is 12.0. The zero-order chi connectivity index (χ0) is 13.1. The molecular formula is C12H16N2O3S. The van der Waals surface area contributed by atoms with Gasteiger partial charge in [0.1, 0.15) is 0 Å². The second-order valence-electron chi connectivity index (χ2n) is 4.63. The maximum Gasteiger partial charge on any atom is 0.303 e. The Labute approximate surface area is 109 Å². The first-order valence-corrected chi connectivity index (χ1v) is 6.83. The highest BCUT2D eigenvalue weighted by Gasteiger charge is 2.27. The van der Waals surface area contributed by atoms with Crippen molar-refractivity contribution >= 4 is 23.2 Å². The van der Waals surface area contributed by atoms with E-state index in [2.05, 4.69) is 4.98 Å². The smallest absolute Gasteiger partial charge is 0.303 e. The number of aryl methyl sites for hydroxylation is 1. The molecule has 1 amide bonds. The Bertz CT molecular complexity index is 458. The van der Waals surface area contributed by atoms with E-state index in [9.17, 15) is 9.59 Å². The third-order valence-corrected chi connectivity index (χ3v) is 3.92. The molecule has 5 nitrogen and oxygen atoms in total. The van der Waals surface area contributed by atoms with Crippen LogP contribution in [0.3, 0.4) is 0 Å². The van der Waals surface area contributed by atoms with Gasteiger partial charge in [-0.25, -0.2) is 4.98 Å². The lowest BCUT2D eigenvalue weighted by molar-refractivity contribution is -0.138. The van der Waals surface area contributed by atoms with E-state index in [-0.39, 0.29) is 18.2 Å². The Morgan fingerprint density at radius 3 is 3.00 bits per heavy atom. The fourth-order valence-electron chi connectivity index (χ4n) is 2.23. The highest BCUT2D eigenvalue weighted by Crippen LogP contribution is 2.20. The van der Waals surface area contributed by atoms with Crippen LogP contribution in [-0.4, -0.2) is 40.0 Å². The van der Waals surface area contributed by atoms with Gasteiger partial charge >= 0.3 is 5.97 Å². The molecule has 1 atom stereocenters. The lowest BCUT2D eigenvalue weighted by Gasteiger charge is -2.15. The third-order valence-electron chi connectivity index (χ3n) is 3.10. The van der Waals surface area contributed by atoms with Gasteiger partial charge in [0.15, 0.2) is 0 Å². The number of likely N-dealkylation sites (tertiary alicyclic amines) is 1. The normalized spacial score (nSPS) is 19.2. The summed E-state index contributed by atoms with van der Waals surface area (Å²) in [6, 6.07) is 0. The van der Waals surface area contributed by atoms with Gasteiger partial charge in [-0.15, -0.1) is 11.3 Å². The number of thiazole rings is 1. The molecule has 0 bridgehead atoms. The second-order valence-corrected chi connectivity index (χ2v) is 5.69. The minimum Gasteiger partial charge on any atom is -0.481 e. The van der Waals surface area contributed by atoms with Crippen LogP contribution in [0.25, 0.3) is 0 Å². The molecule has 0 aromatic carbocycles. The number of carboxylic acids is 1. The molecule has 6 heteroatoms. The first-order valence-electron chi connectivity index (χ1n) is 5.95. The summed E-state index contributed by atoms with van der Waals surface area (Å²) in [7, 11) is 0. The van der Waals surface area contributed by atoms with E-state index in [1.807, 2.05) is 12.3 Å². The quantitative estimate of drug-likeness (QED) is 0.894. The van der Waals surface area contributed by atoms with Crippen LogP contribution < -0.4 is 0 Å². The zero-order valence-electron chi connectivity index (χ0n) is 10.3. The predicted octanol–water partition coefficient (Wildman–Crippen LogP) is 1.32. The van der Waals surface area contributed by atoms with Crippen LogP contribution in [-0.2, 0) is 16.0 Å². The monoisotopic (exact) mass is 268 g/mol. The Kier molecular flexibility index (Phi) is 3.96. The molecule has 1 aromatic heterocycles. The van der Waals surface area contributed by atoms with Crippen LogP contribution in [0.2, 0.25) is 0 Å². The number of carbonyl (C=O) groups excluding carboxylic acids is 1. The van der Waals surface area contributed by atoms with Gasteiger partial charge in [0.2, 0.25) is 5.91 Å². The molecule has 1 aromatic rings. The molecule has 1 unspecified atom stereocenters. The van der Waals surface area contributed by atoms with Crippen LogP contribution in [0, 0.1) is 12.8 Å². The molecule has 98 valence electrons. The van der Waals surface area contributed by atoms with Crippen LogP contribution >= 0.6 is 11.3 Å². The zero-order valence-corrected chi connectivity index (χ0v) is 11.1. The van der Waals surface area contributed by atoms with E-state index in [1.54, 1.807) is 4.90 Å². The minimum atomic E-state index is -0.788. The lowest BCUT2D eigenvalue weighted by atomic mass is 10.1. The van der Waals surface area contributed by atoms with Crippen LogP contribution in [0.4, 0.5) is 0 Å². The van der Waals surface area contributed by atoms with Crippen molar-refractivity contribution in [2.75, 3.05) is 13.1 Å². The van der Waals surface area contributed by atoms with E-state index in [4.69, 9.17) is 5.11 Å². The van der Waals surface area contributed by atoms with Crippen molar-refractivity contribution in [3.63, 3.8) is 0 Å². The summed E-state index contributed by atoms with van der Waals surface area (Å²) in [6.45, 7) is 3.14. The van der Waals surface area contributed by atoms with E-state index in [1.165, 1.54) is 11.3 Å². The second kappa shape index (κ2) is 5.48. The summed E-state index contributed by atoms with van der Waals surface area (Å²) in [4.78, 5) is 28.6. The number of hydrogen-bond donors (Lipinski definition) is 1. The number of hydrogen-bond acceptors (Lipinski definition) is 4. The van der Waals surface area contributed by atoms with E-state index >= 15 is 0 Å². The minimum absolute atomic E-state index is 0.0492. The molecule has 0 radical (unpaired) electrons. The molecule has 0 saturated carbocycles. The molecule has 2 heterocycles. The van der Waals surface area contributed by atoms with Crippen molar-refractivity contribution in [3.05, 3.63) is 16.1 Å². The number of carbonyl (C=O) groups is 2. The SMILES string of the molecule is Cc1nc(CC(=O)N2CCC(CC(=O)O)C2)cs1. The predicted molar refractivity (Wildman–Crippen MR) is 67.5 cm³/mol. The molecule has 1 aliphatic heterocycles. The number of rotatable bonds is 4. The molecule has 1 fully saturated rings.